The first kappa shape index (κ1) is 13.7. The Bertz CT molecular complexity index is 310. The fourth-order valence-corrected chi connectivity index (χ4v) is 2.23. The van der Waals surface area contributed by atoms with Crippen molar-refractivity contribution in [2.45, 2.75) is 45.4 Å². The van der Waals surface area contributed by atoms with Crippen molar-refractivity contribution < 1.29 is 4.39 Å². The van der Waals surface area contributed by atoms with Crippen molar-refractivity contribution in [3.63, 3.8) is 0 Å². The molecule has 0 aliphatic rings. The quantitative estimate of drug-likeness (QED) is 0.495. The summed E-state index contributed by atoms with van der Waals surface area (Å²) in [5.41, 5.74) is 1.95. The molecule has 0 aromatic heterocycles. The van der Waals surface area contributed by atoms with Gasteiger partial charge in [-0.3, -0.25) is 0 Å². The van der Waals surface area contributed by atoms with Crippen LogP contribution in [0.15, 0.2) is 18.2 Å². The van der Waals surface area contributed by atoms with Gasteiger partial charge >= 0.3 is 0 Å². The number of aryl methyl sites for hydroxylation is 2. The molecular formula is C14H20BrF. The van der Waals surface area contributed by atoms with Gasteiger partial charge in [0.15, 0.2) is 0 Å². The van der Waals surface area contributed by atoms with Gasteiger partial charge in [0.1, 0.15) is 5.82 Å². The van der Waals surface area contributed by atoms with Crippen LogP contribution in [0.2, 0.25) is 0 Å². The average molecular weight is 287 g/mol. The maximum absolute atomic E-state index is 13.6. The Balaban J connectivity index is 2.46. The number of hydrogen-bond acceptors (Lipinski definition) is 0. The lowest BCUT2D eigenvalue weighted by Gasteiger charge is -2.05. The number of alkyl halides is 1. The summed E-state index contributed by atoms with van der Waals surface area (Å²) < 4.78 is 13.6. The molecule has 2 heteroatoms. The Morgan fingerprint density at radius 2 is 1.94 bits per heavy atom. The van der Waals surface area contributed by atoms with Gasteiger partial charge in [-0.2, -0.15) is 0 Å². The molecule has 0 heterocycles. The molecule has 90 valence electrons. The highest BCUT2D eigenvalue weighted by atomic mass is 79.9. The van der Waals surface area contributed by atoms with E-state index in [2.05, 4.69) is 28.9 Å². The summed E-state index contributed by atoms with van der Waals surface area (Å²) in [7, 11) is 0. The topological polar surface area (TPSA) is 0 Å². The zero-order valence-electron chi connectivity index (χ0n) is 9.94. The first-order valence-electron chi connectivity index (χ1n) is 6.11. The van der Waals surface area contributed by atoms with Crippen molar-refractivity contribution in [1.29, 1.82) is 0 Å². The summed E-state index contributed by atoms with van der Waals surface area (Å²) in [6.45, 7) is 2.20. The summed E-state index contributed by atoms with van der Waals surface area (Å²) in [5.74, 6) is -0.0487. The molecule has 16 heavy (non-hydrogen) atoms. The van der Waals surface area contributed by atoms with Crippen LogP contribution in [0.5, 0.6) is 0 Å². The number of unbranched alkanes of at least 4 members (excludes halogenated alkanes) is 3. The normalized spacial score (nSPS) is 10.7. The van der Waals surface area contributed by atoms with Crippen molar-refractivity contribution in [2.24, 2.45) is 0 Å². The van der Waals surface area contributed by atoms with Crippen molar-refractivity contribution in [3.05, 3.63) is 35.1 Å². The van der Waals surface area contributed by atoms with Crippen LogP contribution >= 0.6 is 15.9 Å². The van der Waals surface area contributed by atoms with E-state index in [-0.39, 0.29) is 5.82 Å². The van der Waals surface area contributed by atoms with Gasteiger partial charge < -0.3 is 0 Å². The molecule has 0 unspecified atom stereocenters. The van der Waals surface area contributed by atoms with Crippen LogP contribution in [0, 0.1) is 5.82 Å². The van der Waals surface area contributed by atoms with Gasteiger partial charge in [0.25, 0.3) is 0 Å². The summed E-state index contributed by atoms with van der Waals surface area (Å²) in [6, 6.07) is 5.68. The van der Waals surface area contributed by atoms with E-state index < -0.39 is 0 Å². The average Bonchev–Trinajstić information content (AvgIpc) is 2.28. The van der Waals surface area contributed by atoms with Crippen LogP contribution < -0.4 is 0 Å². The van der Waals surface area contributed by atoms with Gasteiger partial charge in [0.05, 0.1) is 0 Å². The molecule has 0 bridgehead atoms. The minimum Gasteiger partial charge on any atom is -0.207 e. The Morgan fingerprint density at radius 1 is 1.12 bits per heavy atom. The smallest absolute Gasteiger partial charge is 0.126 e. The molecule has 0 amide bonds. The number of hydrogen-bond donors (Lipinski definition) is 0. The molecule has 0 N–H and O–H groups in total. The Kier molecular flexibility index (Phi) is 6.70. The van der Waals surface area contributed by atoms with E-state index >= 15 is 0 Å². The van der Waals surface area contributed by atoms with Crippen molar-refractivity contribution in [2.75, 3.05) is 5.33 Å². The fraction of sp³-hybridized carbons (Fsp3) is 0.571. The van der Waals surface area contributed by atoms with E-state index in [9.17, 15) is 4.39 Å². The maximum Gasteiger partial charge on any atom is 0.126 e. The van der Waals surface area contributed by atoms with E-state index in [1.54, 1.807) is 6.07 Å². The second-order valence-corrected chi connectivity index (χ2v) is 4.97. The second-order valence-electron chi connectivity index (χ2n) is 4.18. The molecular weight excluding hydrogens is 267 g/mol. The molecule has 0 spiro atoms. The highest BCUT2D eigenvalue weighted by molar-refractivity contribution is 9.09. The molecule has 0 aliphatic carbocycles. The molecule has 0 saturated heterocycles. The minimum atomic E-state index is -0.0487. The zero-order valence-corrected chi connectivity index (χ0v) is 11.5. The summed E-state index contributed by atoms with van der Waals surface area (Å²) in [4.78, 5) is 0. The number of rotatable bonds is 7. The van der Waals surface area contributed by atoms with Gasteiger partial charge in [-0.1, -0.05) is 54.2 Å². The van der Waals surface area contributed by atoms with Crippen molar-refractivity contribution in [3.8, 4) is 0 Å². The highest BCUT2D eigenvalue weighted by Crippen LogP contribution is 2.14. The largest absolute Gasteiger partial charge is 0.207 e. The number of benzene rings is 1. The van der Waals surface area contributed by atoms with Crippen LogP contribution in [0.25, 0.3) is 0 Å². The molecule has 1 rings (SSSR count). The van der Waals surface area contributed by atoms with Crippen LogP contribution in [-0.4, -0.2) is 5.33 Å². The van der Waals surface area contributed by atoms with Gasteiger partial charge in [-0.15, -0.1) is 0 Å². The zero-order chi connectivity index (χ0) is 11.8. The second kappa shape index (κ2) is 7.83. The minimum absolute atomic E-state index is 0.0487. The van der Waals surface area contributed by atoms with Crippen molar-refractivity contribution >= 4 is 15.9 Å². The summed E-state index contributed by atoms with van der Waals surface area (Å²) in [5, 5.41) is 0.819. The molecule has 0 atom stereocenters. The molecule has 0 radical (unpaired) electrons. The SMILES string of the molecule is CCCCCCc1ccc(CCBr)c(F)c1. The molecule has 1 aromatic rings. The lowest BCUT2D eigenvalue weighted by Crippen LogP contribution is -1.94. The van der Waals surface area contributed by atoms with Crippen LogP contribution in [0.4, 0.5) is 4.39 Å². The lowest BCUT2D eigenvalue weighted by atomic mass is 10.0. The van der Waals surface area contributed by atoms with Crippen molar-refractivity contribution in [1.82, 2.24) is 0 Å². The Morgan fingerprint density at radius 3 is 2.56 bits per heavy atom. The van der Waals surface area contributed by atoms with Crippen LogP contribution in [0.1, 0.15) is 43.7 Å². The molecule has 0 saturated carbocycles. The first-order valence-corrected chi connectivity index (χ1v) is 7.23. The summed E-state index contributed by atoms with van der Waals surface area (Å²) >= 11 is 3.33. The third kappa shape index (κ3) is 4.65. The van der Waals surface area contributed by atoms with Gasteiger partial charge in [0.2, 0.25) is 0 Å². The highest BCUT2D eigenvalue weighted by Gasteiger charge is 2.02. The molecule has 0 nitrogen and oxygen atoms in total. The third-order valence-corrected chi connectivity index (χ3v) is 3.20. The van der Waals surface area contributed by atoms with E-state index in [1.165, 1.54) is 25.7 Å². The maximum atomic E-state index is 13.6. The van der Waals surface area contributed by atoms with Gasteiger partial charge in [-0.05, 0) is 36.5 Å². The monoisotopic (exact) mass is 286 g/mol. The van der Waals surface area contributed by atoms with E-state index in [0.717, 1.165) is 29.3 Å². The standard InChI is InChI=1S/C14H20BrF/c1-2-3-4-5-6-12-7-8-13(9-10-15)14(16)11-12/h7-8,11H,2-6,9-10H2,1H3. The number of halogens is 2. The predicted octanol–water partition coefficient (Wildman–Crippen LogP) is 4.89. The third-order valence-electron chi connectivity index (χ3n) is 2.80. The fourth-order valence-electron chi connectivity index (χ4n) is 1.81. The van der Waals surface area contributed by atoms with Crippen LogP contribution in [0.3, 0.4) is 0 Å². The van der Waals surface area contributed by atoms with Gasteiger partial charge in [-0.25, -0.2) is 4.39 Å². The first-order chi connectivity index (χ1) is 7.77. The predicted molar refractivity (Wildman–Crippen MR) is 71.7 cm³/mol. The van der Waals surface area contributed by atoms with E-state index in [4.69, 9.17) is 0 Å². The summed E-state index contributed by atoms with van der Waals surface area (Å²) in [6.07, 6.45) is 6.72. The Hall–Kier alpha value is -0.370. The Labute approximate surface area is 106 Å². The van der Waals surface area contributed by atoms with Gasteiger partial charge in [0, 0.05) is 5.33 Å². The lowest BCUT2D eigenvalue weighted by molar-refractivity contribution is 0.607. The van der Waals surface area contributed by atoms with E-state index in [0.29, 0.717) is 0 Å². The van der Waals surface area contributed by atoms with E-state index in [1.807, 2.05) is 6.07 Å². The molecule has 0 aliphatic heterocycles. The molecule has 0 fully saturated rings. The van der Waals surface area contributed by atoms with Crippen LogP contribution in [-0.2, 0) is 12.8 Å². The molecule has 1 aromatic carbocycles.